The van der Waals surface area contributed by atoms with Crippen molar-refractivity contribution < 1.29 is 9.59 Å². The molecule has 0 aromatic rings. The molecule has 4 N–H and O–H groups in total. The third kappa shape index (κ3) is 0.913. The van der Waals surface area contributed by atoms with Crippen LogP contribution < -0.4 is 11.7 Å². The van der Waals surface area contributed by atoms with E-state index in [4.69, 9.17) is 11.7 Å². The van der Waals surface area contributed by atoms with Crippen molar-refractivity contribution in [3.8, 4) is 0 Å². The molecule has 74 valence electrons. The standard InChI is InChI=1S/C7H7IN4O2/c1-2-3-4(7(14)11(2)9)5(8)12(10)6(3)13/h9-10H2,1H3. The van der Waals surface area contributed by atoms with Crippen molar-refractivity contribution in [2.45, 2.75) is 6.92 Å². The Kier molecular flexibility index (Phi) is 1.91. The van der Waals surface area contributed by atoms with Crippen LogP contribution in [-0.4, -0.2) is 21.8 Å². The fourth-order valence-corrected chi connectivity index (χ4v) is 2.18. The summed E-state index contributed by atoms with van der Waals surface area (Å²) in [5.41, 5.74) is 1.06. The average Bonchev–Trinajstić information content (AvgIpc) is 2.51. The molecule has 0 aromatic carbocycles. The van der Waals surface area contributed by atoms with Gasteiger partial charge in [-0.15, -0.1) is 0 Å². The lowest BCUT2D eigenvalue weighted by Crippen LogP contribution is -2.35. The molecule has 0 aliphatic carbocycles. The topological polar surface area (TPSA) is 92.7 Å². The van der Waals surface area contributed by atoms with Gasteiger partial charge in [0.15, 0.2) is 0 Å². The van der Waals surface area contributed by atoms with Crippen LogP contribution in [0.25, 0.3) is 0 Å². The fourth-order valence-electron chi connectivity index (χ4n) is 1.46. The first-order valence-electron chi connectivity index (χ1n) is 3.76. The number of fused-ring (bicyclic) bond motifs is 1. The van der Waals surface area contributed by atoms with Crippen LogP contribution in [0.3, 0.4) is 0 Å². The molecule has 2 aliphatic heterocycles. The zero-order valence-corrected chi connectivity index (χ0v) is 9.40. The van der Waals surface area contributed by atoms with Crippen molar-refractivity contribution in [1.82, 2.24) is 10.0 Å². The number of halogens is 1. The Labute approximate surface area is 93.3 Å². The van der Waals surface area contributed by atoms with Gasteiger partial charge in [-0.2, -0.15) is 0 Å². The molecule has 2 aliphatic rings. The van der Waals surface area contributed by atoms with Gasteiger partial charge in [0, 0.05) is 5.70 Å². The van der Waals surface area contributed by atoms with Crippen molar-refractivity contribution in [3.05, 3.63) is 20.5 Å². The van der Waals surface area contributed by atoms with E-state index in [1.807, 2.05) is 22.6 Å². The maximum absolute atomic E-state index is 11.6. The third-order valence-corrected chi connectivity index (χ3v) is 3.32. The van der Waals surface area contributed by atoms with Crippen LogP contribution >= 0.6 is 22.6 Å². The lowest BCUT2D eigenvalue weighted by Gasteiger charge is -2.13. The molecule has 0 atom stereocenters. The van der Waals surface area contributed by atoms with Crippen LogP contribution in [0.2, 0.25) is 0 Å². The normalized spacial score (nSPS) is 21.7. The Morgan fingerprint density at radius 2 is 1.57 bits per heavy atom. The maximum Gasteiger partial charge on any atom is 0.275 e. The predicted octanol–water partition coefficient (Wildman–Crippen LogP) is -0.661. The van der Waals surface area contributed by atoms with Gasteiger partial charge < -0.3 is 0 Å². The molecule has 0 radical (unpaired) electrons. The number of carbonyl (C=O) groups is 2. The zero-order chi connectivity index (χ0) is 10.6. The van der Waals surface area contributed by atoms with Crippen molar-refractivity contribution in [3.63, 3.8) is 0 Å². The number of allylic oxidation sites excluding steroid dienone is 1. The Balaban J connectivity index is 2.68. The first-order chi connectivity index (χ1) is 6.46. The highest BCUT2D eigenvalue weighted by atomic mass is 127. The number of amides is 2. The molecule has 0 bridgehead atoms. The third-order valence-electron chi connectivity index (χ3n) is 2.26. The summed E-state index contributed by atoms with van der Waals surface area (Å²) in [6.45, 7) is 1.61. The van der Waals surface area contributed by atoms with Crippen LogP contribution in [0.5, 0.6) is 0 Å². The van der Waals surface area contributed by atoms with Crippen LogP contribution in [-0.2, 0) is 9.59 Å². The summed E-state index contributed by atoms with van der Waals surface area (Å²) in [5, 5.41) is 1.92. The van der Waals surface area contributed by atoms with E-state index in [0.29, 0.717) is 20.5 Å². The van der Waals surface area contributed by atoms with Gasteiger partial charge in [0.1, 0.15) is 3.70 Å². The number of nitrogens with zero attached hydrogens (tertiary/aromatic N) is 2. The number of rotatable bonds is 0. The molecular formula is C7H7IN4O2. The van der Waals surface area contributed by atoms with Gasteiger partial charge in [0.25, 0.3) is 11.8 Å². The number of nitrogens with two attached hydrogens (primary N) is 2. The molecular weight excluding hydrogens is 299 g/mol. The molecule has 2 rings (SSSR count). The van der Waals surface area contributed by atoms with E-state index in [0.717, 1.165) is 10.0 Å². The van der Waals surface area contributed by atoms with E-state index in [-0.39, 0.29) is 11.8 Å². The van der Waals surface area contributed by atoms with Crippen molar-refractivity contribution in [2.24, 2.45) is 11.7 Å². The summed E-state index contributed by atoms with van der Waals surface area (Å²) >= 11 is 1.85. The molecule has 0 saturated carbocycles. The zero-order valence-electron chi connectivity index (χ0n) is 7.24. The quantitative estimate of drug-likeness (QED) is 0.269. The lowest BCUT2D eigenvalue weighted by atomic mass is 10.1. The van der Waals surface area contributed by atoms with Crippen LogP contribution in [0.4, 0.5) is 0 Å². The molecule has 2 heterocycles. The van der Waals surface area contributed by atoms with Crippen molar-refractivity contribution >= 4 is 34.4 Å². The minimum atomic E-state index is -0.386. The molecule has 0 fully saturated rings. The largest absolute Gasteiger partial charge is 0.275 e. The number of carbonyl (C=O) groups excluding carboxylic acids is 2. The Morgan fingerprint density at radius 3 is 2.07 bits per heavy atom. The van der Waals surface area contributed by atoms with E-state index in [1.54, 1.807) is 6.92 Å². The van der Waals surface area contributed by atoms with Crippen LogP contribution in [0.1, 0.15) is 6.92 Å². The van der Waals surface area contributed by atoms with Crippen molar-refractivity contribution in [2.75, 3.05) is 0 Å². The molecule has 0 aromatic heterocycles. The molecule has 14 heavy (non-hydrogen) atoms. The molecule has 6 nitrogen and oxygen atoms in total. The minimum Gasteiger partial charge on any atom is -0.267 e. The first-order valence-corrected chi connectivity index (χ1v) is 4.84. The summed E-state index contributed by atoms with van der Waals surface area (Å²) in [4.78, 5) is 23.1. The predicted molar refractivity (Wildman–Crippen MR) is 55.8 cm³/mol. The Bertz CT molecular complexity index is 385. The van der Waals surface area contributed by atoms with Gasteiger partial charge in [0.05, 0.1) is 11.1 Å². The molecule has 7 heteroatoms. The average molecular weight is 306 g/mol. The van der Waals surface area contributed by atoms with Crippen LogP contribution in [0, 0.1) is 0 Å². The number of hydrogen-bond donors (Lipinski definition) is 2. The molecule has 0 unspecified atom stereocenters. The van der Waals surface area contributed by atoms with E-state index in [2.05, 4.69) is 0 Å². The number of hydrogen-bond acceptors (Lipinski definition) is 4. The summed E-state index contributed by atoms with van der Waals surface area (Å²) in [7, 11) is 0. The van der Waals surface area contributed by atoms with E-state index < -0.39 is 0 Å². The smallest absolute Gasteiger partial charge is 0.267 e. The minimum absolute atomic E-state index is 0.304. The summed E-state index contributed by atoms with van der Waals surface area (Å²) in [6, 6.07) is 0. The van der Waals surface area contributed by atoms with Gasteiger partial charge >= 0.3 is 0 Å². The monoisotopic (exact) mass is 306 g/mol. The summed E-state index contributed by atoms with van der Waals surface area (Å²) in [6.07, 6.45) is 0. The maximum atomic E-state index is 11.6. The second-order valence-electron chi connectivity index (χ2n) is 2.98. The first kappa shape index (κ1) is 9.62. The van der Waals surface area contributed by atoms with Gasteiger partial charge in [-0.25, -0.2) is 21.7 Å². The highest BCUT2D eigenvalue weighted by molar-refractivity contribution is 14.1. The van der Waals surface area contributed by atoms with E-state index in [1.165, 1.54) is 0 Å². The van der Waals surface area contributed by atoms with Crippen LogP contribution in [0.15, 0.2) is 20.5 Å². The van der Waals surface area contributed by atoms with E-state index in [9.17, 15) is 9.59 Å². The lowest BCUT2D eigenvalue weighted by molar-refractivity contribution is -0.124. The van der Waals surface area contributed by atoms with Gasteiger partial charge in [-0.05, 0) is 29.5 Å². The summed E-state index contributed by atoms with van der Waals surface area (Å²) < 4.78 is 0.417. The van der Waals surface area contributed by atoms with E-state index >= 15 is 0 Å². The van der Waals surface area contributed by atoms with Gasteiger partial charge in [-0.3, -0.25) is 9.59 Å². The number of hydrazine groups is 2. The second-order valence-corrected chi connectivity index (χ2v) is 4.00. The fraction of sp³-hybridized carbons (Fsp3) is 0.143. The van der Waals surface area contributed by atoms with Crippen molar-refractivity contribution in [1.29, 1.82) is 0 Å². The summed E-state index contributed by atoms with van der Waals surface area (Å²) in [5.74, 6) is 10.1. The molecule has 0 spiro atoms. The second kappa shape index (κ2) is 2.78. The Morgan fingerprint density at radius 1 is 1.07 bits per heavy atom. The molecule has 0 saturated heterocycles. The Hall–Kier alpha value is -0.930. The highest BCUT2D eigenvalue weighted by Gasteiger charge is 2.44. The SMILES string of the molecule is CC1=C2C(=O)N(N)C(I)=C2C(=O)N1N. The molecule has 2 amide bonds. The van der Waals surface area contributed by atoms with Gasteiger partial charge in [-0.1, -0.05) is 0 Å². The highest BCUT2D eigenvalue weighted by Crippen LogP contribution is 2.38. The van der Waals surface area contributed by atoms with Gasteiger partial charge in [0.2, 0.25) is 0 Å².